The van der Waals surface area contributed by atoms with Gasteiger partial charge in [-0.3, -0.25) is 4.79 Å². The number of halogens is 1. The Morgan fingerprint density at radius 3 is 2.67 bits per heavy atom. The highest BCUT2D eigenvalue weighted by Crippen LogP contribution is 2.31. The number of morpholine rings is 1. The number of hydrogen-bond donors (Lipinski definition) is 1. The van der Waals surface area contributed by atoms with Crippen molar-refractivity contribution in [2.45, 2.75) is 0 Å². The number of ether oxygens (including phenoxy) is 1. The van der Waals surface area contributed by atoms with E-state index < -0.39 is 0 Å². The average molecular weight is 341 g/mol. The third-order valence-electron chi connectivity index (χ3n) is 4.35. The summed E-state index contributed by atoms with van der Waals surface area (Å²) in [5.74, 6) is 0. The predicted octanol–water partition coefficient (Wildman–Crippen LogP) is 3.69. The molecule has 0 saturated carbocycles. The van der Waals surface area contributed by atoms with E-state index in [9.17, 15) is 4.79 Å². The minimum absolute atomic E-state index is 0.123. The van der Waals surface area contributed by atoms with E-state index in [1.807, 2.05) is 30.3 Å². The van der Waals surface area contributed by atoms with Crippen LogP contribution in [0.2, 0.25) is 5.02 Å². The molecule has 3 aromatic rings. The van der Waals surface area contributed by atoms with Gasteiger partial charge < -0.3 is 14.6 Å². The zero-order chi connectivity index (χ0) is 16.5. The zero-order valence-corrected chi connectivity index (χ0v) is 13.8. The third-order valence-corrected chi connectivity index (χ3v) is 4.59. The van der Waals surface area contributed by atoms with Crippen LogP contribution in [0.3, 0.4) is 0 Å². The van der Waals surface area contributed by atoms with Gasteiger partial charge in [0.2, 0.25) is 0 Å². The number of H-pyrrole nitrogens is 1. The fraction of sp³-hybridized carbons (Fsp3) is 0.211. The Kier molecular flexibility index (Phi) is 4.00. The number of hydrogen-bond acceptors (Lipinski definition) is 3. The number of pyridine rings is 1. The van der Waals surface area contributed by atoms with Gasteiger partial charge in [-0.1, -0.05) is 35.9 Å². The van der Waals surface area contributed by atoms with Gasteiger partial charge in [0, 0.05) is 34.7 Å². The Morgan fingerprint density at radius 1 is 1.04 bits per heavy atom. The molecule has 0 bridgehead atoms. The lowest BCUT2D eigenvalue weighted by atomic mass is 10.0. The van der Waals surface area contributed by atoms with Crippen LogP contribution in [0.4, 0.5) is 5.69 Å². The summed E-state index contributed by atoms with van der Waals surface area (Å²) in [6.45, 7) is 3.15. The summed E-state index contributed by atoms with van der Waals surface area (Å²) < 4.78 is 5.44. The Morgan fingerprint density at radius 2 is 1.83 bits per heavy atom. The van der Waals surface area contributed by atoms with Crippen molar-refractivity contribution in [3.8, 4) is 11.3 Å². The topological polar surface area (TPSA) is 45.3 Å². The molecule has 4 rings (SSSR count). The highest BCUT2D eigenvalue weighted by molar-refractivity contribution is 6.31. The SMILES string of the molecule is O=c1[nH]c(-c2ccccc2N2CCOCC2)cc2ccc(Cl)cc12. The van der Waals surface area contributed by atoms with Gasteiger partial charge in [0.15, 0.2) is 0 Å². The smallest absolute Gasteiger partial charge is 0.256 e. The Labute approximate surface area is 144 Å². The lowest BCUT2D eigenvalue weighted by molar-refractivity contribution is 0.123. The first kappa shape index (κ1) is 15.2. The minimum atomic E-state index is -0.123. The summed E-state index contributed by atoms with van der Waals surface area (Å²) in [4.78, 5) is 17.8. The first-order chi connectivity index (χ1) is 11.7. The number of fused-ring (bicyclic) bond motifs is 1. The molecule has 24 heavy (non-hydrogen) atoms. The summed E-state index contributed by atoms with van der Waals surface area (Å²) in [6, 6.07) is 15.5. The molecule has 1 fully saturated rings. The number of aromatic nitrogens is 1. The second kappa shape index (κ2) is 6.30. The average Bonchev–Trinajstić information content (AvgIpc) is 2.63. The molecule has 1 aliphatic rings. The molecule has 0 spiro atoms. The van der Waals surface area contributed by atoms with Gasteiger partial charge in [-0.15, -0.1) is 0 Å². The lowest BCUT2D eigenvalue weighted by Gasteiger charge is -2.30. The van der Waals surface area contributed by atoms with Crippen molar-refractivity contribution in [2.75, 3.05) is 31.2 Å². The summed E-state index contributed by atoms with van der Waals surface area (Å²) in [5, 5.41) is 2.06. The van der Waals surface area contributed by atoms with Crippen LogP contribution in [0.25, 0.3) is 22.0 Å². The van der Waals surface area contributed by atoms with Gasteiger partial charge in [-0.2, -0.15) is 0 Å². The van der Waals surface area contributed by atoms with Crippen molar-refractivity contribution >= 4 is 28.1 Å². The molecular formula is C19H17ClN2O2. The van der Waals surface area contributed by atoms with Gasteiger partial charge in [-0.25, -0.2) is 0 Å². The highest BCUT2D eigenvalue weighted by Gasteiger charge is 2.16. The Hall–Kier alpha value is -2.30. The number of benzene rings is 2. The molecule has 0 atom stereocenters. The highest BCUT2D eigenvalue weighted by atomic mass is 35.5. The fourth-order valence-corrected chi connectivity index (χ4v) is 3.33. The molecule has 0 radical (unpaired) electrons. The van der Waals surface area contributed by atoms with Crippen molar-refractivity contribution < 1.29 is 4.74 Å². The zero-order valence-electron chi connectivity index (χ0n) is 13.1. The van der Waals surface area contributed by atoms with E-state index in [1.54, 1.807) is 12.1 Å². The van der Waals surface area contributed by atoms with E-state index in [4.69, 9.17) is 16.3 Å². The van der Waals surface area contributed by atoms with Crippen LogP contribution in [-0.2, 0) is 4.74 Å². The van der Waals surface area contributed by atoms with Crippen molar-refractivity contribution in [1.82, 2.24) is 4.98 Å². The van der Waals surface area contributed by atoms with Crippen molar-refractivity contribution in [1.29, 1.82) is 0 Å². The maximum absolute atomic E-state index is 12.5. The number of anilines is 1. The monoisotopic (exact) mass is 340 g/mol. The summed E-state index contributed by atoms with van der Waals surface area (Å²) in [7, 11) is 0. The van der Waals surface area contributed by atoms with Gasteiger partial charge in [-0.05, 0) is 29.7 Å². The van der Waals surface area contributed by atoms with Crippen molar-refractivity contribution in [3.05, 3.63) is 63.9 Å². The summed E-state index contributed by atoms with van der Waals surface area (Å²) in [6.07, 6.45) is 0. The fourth-order valence-electron chi connectivity index (χ4n) is 3.16. The number of rotatable bonds is 2. The molecule has 0 unspecified atom stereocenters. The van der Waals surface area contributed by atoms with E-state index in [1.165, 1.54) is 0 Å². The standard InChI is InChI=1S/C19H17ClN2O2/c20-14-6-5-13-11-17(21-19(23)16(13)12-14)15-3-1-2-4-18(15)22-7-9-24-10-8-22/h1-6,11-12H,7-10H2,(H,21,23). The Balaban J connectivity index is 1.86. The normalized spacial score (nSPS) is 15.0. The maximum Gasteiger partial charge on any atom is 0.256 e. The van der Waals surface area contributed by atoms with Gasteiger partial charge in [0.25, 0.3) is 5.56 Å². The van der Waals surface area contributed by atoms with Crippen LogP contribution in [0.1, 0.15) is 0 Å². The van der Waals surface area contributed by atoms with Gasteiger partial charge in [0.05, 0.1) is 18.9 Å². The van der Waals surface area contributed by atoms with E-state index in [-0.39, 0.29) is 5.56 Å². The summed E-state index contributed by atoms with van der Waals surface area (Å²) in [5.41, 5.74) is 2.83. The van der Waals surface area contributed by atoms with E-state index >= 15 is 0 Å². The molecule has 122 valence electrons. The molecule has 0 amide bonds. The molecular weight excluding hydrogens is 324 g/mol. The van der Waals surface area contributed by atoms with Crippen LogP contribution in [0.15, 0.2) is 53.3 Å². The molecule has 2 aromatic carbocycles. The molecule has 1 saturated heterocycles. The quantitative estimate of drug-likeness (QED) is 0.774. The summed E-state index contributed by atoms with van der Waals surface area (Å²) >= 11 is 6.00. The van der Waals surface area contributed by atoms with Crippen molar-refractivity contribution in [3.63, 3.8) is 0 Å². The van der Waals surface area contributed by atoms with Crippen LogP contribution < -0.4 is 10.5 Å². The number of para-hydroxylation sites is 1. The second-order valence-corrected chi connectivity index (χ2v) is 6.30. The van der Waals surface area contributed by atoms with Gasteiger partial charge >= 0.3 is 0 Å². The third kappa shape index (κ3) is 2.79. The largest absolute Gasteiger partial charge is 0.378 e. The van der Waals surface area contributed by atoms with Crippen LogP contribution in [-0.4, -0.2) is 31.3 Å². The Bertz CT molecular complexity index is 945. The minimum Gasteiger partial charge on any atom is -0.378 e. The number of aromatic amines is 1. The number of nitrogens with one attached hydrogen (secondary N) is 1. The van der Waals surface area contributed by atoms with Gasteiger partial charge in [0.1, 0.15) is 0 Å². The molecule has 2 heterocycles. The predicted molar refractivity (Wildman–Crippen MR) is 98.0 cm³/mol. The van der Waals surface area contributed by atoms with Crippen molar-refractivity contribution in [2.24, 2.45) is 0 Å². The van der Waals surface area contributed by atoms with E-state index in [2.05, 4.69) is 16.0 Å². The number of nitrogens with zero attached hydrogens (tertiary/aromatic N) is 1. The lowest BCUT2D eigenvalue weighted by Crippen LogP contribution is -2.36. The molecule has 5 heteroatoms. The van der Waals surface area contributed by atoms with E-state index in [0.29, 0.717) is 10.4 Å². The molecule has 1 aromatic heterocycles. The second-order valence-electron chi connectivity index (χ2n) is 5.86. The molecule has 1 aliphatic heterocycles. The maximum atomic E-state index is 12.5. The van der Waals surface area contributed by atoms with Crippen LogP contribution >= 0.6 is 11.6 Å². The molecule has 4 nitrogen and oxygen atoms in total. The van der Waals surface area contributed by atoms with Crippen LogP contribution in [0.5, 0.6) is 0 Å². The van der Waals surface area contributed by atoms with Crippen LogP contribution in [0, 0.1) is 0 Å². The van der Waals surface area contributed by atoms with E-state index in [0.717, 1.165) is 48.6 Å². The first-order valence-corrected chi connectivity index (χ1v) is 8.35. The molecule has 1 N–H and O–H groups in total. The first-order valence-electron chi connectivity index (χ1n) is 7.97. The molecule has 0 aliphatic carbocycles.